The number of urea groups is 1. The van der Waals surface area contributed by atoms with Crippen molar-refractivity contribution in [1.82, 2.24) is 15.6 Å². The summed E-state index contributed by atoms with van der Waals surface area (Å²) >= 11 is 0. The maximum Gasteiger partial charge on any atom is 0.322 e. The molecular formula is C12H16N4O. The number of amides is 2. The van der Waals surface area contributed by atoms with Gasteiger partial charge in [-0.25, -0.2) is 4.79 Å². The number of fused-ring (bicyclic) bond motifs is 1. The summed E-state index contributed by atoms with van der Waals surface area (Å²) in [6.07, 6.45) is 5.61. The van der Waals surface area contributed by atoms with Gasteiger partial charge in [-0.3, -0.25) is 9.88 Å². The van der Waals surface area contributed by atoms with E-state index in [1.165, 1.54) is 0 Å². The van der Waals surface area contributed by atoms with Crippen molar-refractivity contribution in [3.05, 3.63) is 24.0 Å². The van der Waals surface area contributed by atoms with E-state index in [-0.39, 0.29) is 6.03 Å². The lowest BCUT2D eigenvalue weighted by atomic mass is 10.0. The lowest BCUT2D eigenvalue weighted by Gasteiger charge is -2.38. The Morgan fingerprint density at radius 3 is 3.00 bits per heavy atom. The second kappa shape index (κ2) is 4.33. The third kappa shape index (κ3) is 1.86. The summed E-state index contributed by atoms with van der Waals surface area (Å²) in [6.45, 7) is 2.55. The summed E-state index contributed by atoms with van der Waals surface area (Å²) in [4.78, 5) is 18.0. The van der Waals surface area contributed by atoms with Crippen molar-refractivity contribution in [2.45, 2.75) is 25.4 Å². The van der Waals surface area contributed by atoms with E-state index < -0.39 is 0 Å². The molecule has 3 rings (SSSR count). The largest absolute Gasteiger partial charge is 0.333 e. The fraction of sp³-hybridized carbons (Fsp3) is 0.500. The quantitative estimate of drug-likeness (QED) is 0.755. The predicted octanol–water partition coefficient (Wildman–Crippen LogP) is 0.863. The minimum Gasteiger partial charge on any atom is -0.333 e. The maximum atomic E-state index is 12.0. The Labute approximate surface area is 100 Å². The van der Waals surface area contributed by atoms with E-state index in [9.17, 15) is 4.79 Å². The molecule has 0 spiro atoms. The minimum absolute atomic E-state index is 0.0237. The van der Waals surface area contributed by atoms with Crippen molar-refractivity contribution in [2.24, 2.45) is 0 Å². The Bertz CT molecular complexity index is 428. The molecule has 2 amide bonds. The van der Waals surface area contributed by atoms with Crippen molar-refractivity contribution >= 4 is 11.7 Å². The highest BCUT2D eigenvalue weighted by molar-refractivity contribution is 5.95. The number of carbonyl (C=O) groups is 1. The Hall–Kier alpha value is -1.62. The van der Waals surface area contributed by atoms with E-state index in [1.807, 2.05) is 17.2 Å². The van der Waals surface area contributed by atoms with Gasteiger partial charge in [-0.05, 0) is 32.0 Å². The molecule has 0 atom stereocenters. The first-order chi connectivity index (χ1) is 8.36. The number of hydrogen-bond acceptors (Lipinski definition) is 3. The molecule has 0 aliphatic carbocycles. The molecule has 0 unspecified atom stereocenters. The molecule has 0 radical (unpaired) electrons. The Morgan fingerprint density at radius 1 is 1.35 bits per heavy atom. The zero-order chi connectivity index (χ0) is 11.7. The molecule has 1 aromatic rings. The number of pyridine rings is 1. The lowest BCUT2D eigenvalue weighted by Crippen LogP contribution is -2.52. The topological polar surface area (TPSA) is 57.3 Å². The van der Waals surface area contributed by atoms with Crippen LogP contribution >= 0.6 is 0 Å². The highest BCUT2D eigenvalue weighted by Gasteiger charge is 2.30. The van der Waals surface area contributed by atoms with Gasteiger partial charge in [0.15, 0.2) is 0 Å². The summed E-state index contributed by atoms with van der Waals surface area (Å²) < 4.78 is 0. The van der Waals surface area contributed by atoms with Crippen LogP contribution in [0.1, 0.15) is 18.4 Å². The first-order valence-electron chi connectivity index (χ1n) is 6.07. The minimum atomic E-state index is 0.0237. The van der Waals surface area contributed by atoms with E-state index in [1.54, 1.807) is 6.20 Å². The van der Waals surface area contributed by atoms with Crippen LogP contribution in [0.15, 0.2) is 18.5 Å². The van der Waals surface area contributed by atoms with Crippen LogP contribution in [0.5, 0.6) is 0 Å². The van der Waals surface area contributed by atoms with Crippen molar-refractivity contribution in [1.29, 1.82) is 0 Å². The summed E-state index contributed by atoms with van der Waals surface area (Å²) in [5, 5.41) is 6.23. The van der Waals surface area contributed by atoms with Crippen LogP contribution in [0.25, 0.3) is 0 Å². The fourth-order valence-corrected chi connectivity index (χ4v) is 2.58. The highest BCUT2D eigenvalue weighted by atomic mass is 16.2. The molecule has 2 aliphatic rings. The molecule has 90 valence electrons. The number of nitrogens with zero attached hydrogens (tertiary/aromatic N) is 2. The number of aromatic nitrogens is 1. The average Bonchev–Trinajstić information content (AvgIpc) is 2.39. The van der Waals surface area contributed by atoms with Crippen LogP contribution in [-0.4, -0.2) is 30.1 Å². The molecule has 1 saturated heterocycles. The number of rotatable bonds is 1. The van der Waals surface area contributed by atoms with E-state index in [4.69, 9.17) is 0 Å². The Morgan fingerprint density at radius 2 is 2.18 bits per heavy atom. The third-order valence-corrected chi connectivity index (χ3v) is 3.46. The summed E-state index contributed by atoms with van der Waals surface area (Å²) in [6, 6.07) is 2.27. The molecule has 2 N–H and O–H groups in total. The van der Waals surface area contributed by atoms with Crippen LogP contribution < -0.4 is 15.5 Å². The molecular weight excluding hydrogens is 216 g/mol. The van der Waals surface area contributed by atoms with Gasteiger partial charge in [-0.1, -0.05) is 0 Å². The standard InChI is InChI=1S/C12H16N4O/c17-12-15-8-9-7-14-6-3-11(9)16(12)10-1-4-13-5-2-10/h3,6-7,10,13H,1-2,4-5,8H2,(H,15,17). The SMILES string of the molecule is O=C1NCc2cnccc2N1C1CCNCC1. The van der Waals surface area contributed by atoms with Crippen LogP contribution in [0.4, 0.5) is 10.5 Å². The van der Waals surface area contributed by atoms with E-state index in [0.717, 1.165) is 37.2 Å². The molecule has 5 nitrogen and oxygen atoms in total. The fourth-order valence-electron chi connectivity index (χ4n) is 2.58. The number of hydrogen-bond donors (Lipinski definition) is 2. The molecule has 0 aromatic carbocycles. The number of carbonyl (C=O) groups excluding carboxylic acids is 1. The highest BCUT2D eigenvalue weighted by Crippen LogP contribution is 2.27. The van der Waals surface area contributed by atoms with Gasteiger partial charge in [0.25, 0.3) is 0 Å². The van der Waals surface area contributed by atoms with Crippen LogP contribution in [0, 0.1) is 0 Å². The summed E-state index contributed by atoms with van der Waals surface area (Å²) in [5.41, 5.74) is 2.13. The van der Waals surface area contributed by atoms with E-state index in [0.29, 0.717) is 12.6 Å². The molecule has 5 heteroatoms. The smallest absolute Gasteiger partial charge is 0.322 e. The number of anilines is 1. The maximum absolute atomic E-state index is 12.0. The average molecular weight is 232 g/mol. The normalized spacial score (nSPS) is 20.9. The monoisotopic (exact) mass is 232 g/mol. The molecule has 3 heterocycles. The zero-order valence-electron chi connectivity index (χ0n) is 9.65. The van der Waals surface area contributed by atoms with Gasteiger partial charge >= 0.3 is 6.03 Å². The van der Waals surface area contributed by atoms with Gasteiger partial charge in [-0.15, -0.1) is 0 Å². The zero-order valence-corrected chi connectivity index (χ0v) is 9.65. The number of nitrogens with one attached hydrogen (secondary N) is 2. The van der Waals surface area contributed by atoms with Gasteiger partial charge < -0.3 is 10.6 Å². The number of piperidine rings is 1. The summed E-state index contributed by atoms with van der Waals surface area (Å²) in [7, 11) is 0. The van der Waals surface area contributed by atoms with Crippen molar-refractivity contribution in [3.63, 3.8) is 0 Å². The predicted molar refractivity (Wildman–Crippen MR) is 64.8 cm³/mol. The molecule has 1 fully saturated rings. The molecule has 0 saturated carbocycles. The van der Waals surface area contributed by atoms with Crippen molar-refractivity contribution < 1.29 is 4.79 Å². The van der Waals surface area contributed by atoms with Gasteiger partial charge in [0.05, 0.1) is 5.69 Å². The van der Waals surface area contributed by atoms with Crippen LogP contribution in [0.2, 0.25) is 0 Å². The second-order valence-electron chi connectivity index (χ2n) is 4.51. The molecule has 2 aliphatic heterocycles. The molecule has 0 bridgehead atoms. The second-order valence-corrected chi connectivity index (χ2v) is 4.51. The van der Waals surface area contributed by atoms with Gasteiger partial charge in [-0.2, -0.15) is 0 Å². The van der Waals surface area contributed by atoms with Crippen LogP contribution in [-0.2, 0) is 6.54 Å². The van der Waals surface area contributed by atoms with Gasteiger partial charge in [0.2, 0.25) is 0 Å². The van der Waals surface area contributed by atoms with Gasteiger partial charge in [0.1, 0.15) is 0 Å². The molecule has 1 aromatic heterocycles. The van der Waals surface area contributed by atoms with Gasteiger partial charge in [0, 0.05) is 30.5 Å². The Kier molecular flexibility index (Phi) is 2.68. The van der Waals surface area contributed by atoms with E-state index in [2.05, 4.69) is 15.6 Å². The van der Waals surface area contributed by atoms with E-state index >= 15 is 0 Å². The van der Waals surface area contributed by atoms with Crippen LogP contribution in [0.3, 0.4) is 0 Å². The van der Waals surface area contributed by atoms with Crippen molar-refractivity contribution in [3.8, 4) is 0 Å². The first kappa shape index (κ1) is 10.5. The Balaban J connectivity index is 1.94. The van der Waals surface area contributed by atoms with Crippen molar-refractivity contribution in [2.75, 3.05) is 18.0 Å². The third-order valence-electron chi connectivity index (χ3n) is 3.46. The molecule has 17 heavy (non-hydrogen) atoms. The lowest BCUT2D eigenvalue weighted by molar-refractivity contribution is 0.239. The first-order valence-corrected chi connectivity index (χ1v) is 6.07. The summed E-state index contributed by atoms with van der Waals surface area (Å²) in [5.74, 6) is 0.